The Morgan fingerprint density at radius 1 is 1.23 bits per heavy atom. The Bertz CT molecular complexity index is 665. The van der Waals surface area contributed by atoms with E-state index in [1.807, 2.05) is 21.6 Å². The minimum absolute atomic E-state index is 0.0955. The summed E-state index contributed by atoms with van der Waals surface area (Å²) in [5, 5.41) is 9.58. The van der Waals surface area contributed by atoms with Crippen molar-refractivity contribution in [1.29, 1.82) is 0 Å². The molecule has 0 bridgehead atoms. The average Bonchev–Trinajstić information content (AvgIpc) is 2.89. The molecule has 3 heterocycles. The van der Waals surface area contributed by atoms with Gasteiger partial charge < -0.3 is 14.4 Å². The quantitative estimate of drug-likeness (QED) is 0.898. The van der Waals surface area contributed by atoms with Gasteiger partial charge in [-0.15, -0.1) is 0 Å². The molecule has 1 aliphatic rings. The van der Waals surface area contributed by atoms with Gasteiger partial charge in [0.1, 0.15) is 5.65 Å². The van der Waals surface area contributed by atoms with Crippen LogP contribution in [-0.2, 0) is 11.2 Å². The van der Waals surface area contributed by atoms with E-state index in [4.69, 9.17) is 16.7 Å². The Labute approximate surface area is 133 Å². The molecule has 1 fully saturated rings. The van der Waals surface area contributed by atoms with E-state index < -0.39 is 0 Å². The third-order valence-corrected chi connectivity index (χ3v) is 4.16. The number of carbonyl (C=O) groups is 1. The number of amides is 1. The van der Waals surface area contributed by atoms with Gasteiger partial charge in [0.2, 0.25) is 5.91 Å². The van der Waals surface area contributed by atoms with E-state index in [2.05, 4.69) is 9.88 Å². The molecule has 1 saturated heterocycles. The number of aliphatic hydroxyl groups is 1. The lowest BCUT2D eigenvalue weighted by molar-refractivity contribution is -0.132. The van der Waals surface area contributed by atoms with E-state index in [0.29, 0.717) is 31.1 Å². The van der Waals surface area contributed by atoms with Crippen LogP contribution in [0, 0.1) is 0 Å². The first-order chi connectivity index (χ1) is 10.7. The van der Waals surface area contributed by atoms with Crippen molar-refractivity contribution < 1.29 is 9.90 Å². The summed E-state index contributed by atoms with van der Waals surface area (Å²) < 4.78 is 1.84. The number of piperazine rings is 1. The highest BCUT2D eigenvalue weighted by Crippen LogP contribution is 2.13. The second kappa shape index (κ2) is 6.64. The van der Waals surface area contributed by atoms with Crippen molar-refractivity contribution in [3.63, 3.8) is 0 Å². The molecule has 0 radical (unpaired) electrons. The van der Waals surface area contributed by atoms with Crippen LogP contribution < -0.4 is 0 Å². The molecule has 1 N–H and O–H groups in total. The monoisotopic (exact) mass is 322 g/mol. The molecule has 0 saturated carbocycles. The van der Waals surface area contributed by atoms with E-state index in [-0.39, 0.29) is 12.5 Å². The lowest BCUT2D eigenvalue weighted by atomic mass is 10.2. The lowest BCUT2D eigenvalue weighted by Gasteiger charge is -2.34. The number of imidazole rings is 1. The molecule has 1 aliphatic heterocycles. The van der Waals surface area contributed by atoms with Crippen LogP contribution in [0.3, 0.4) is 0 Å². The average molecular weight is 323 g/mol. The van der Waals surface area contributed by atoms with Gasteiger partial charge in [-0.1, -0.05) is 11.6 Å². The Balaban J connectivity index is 1.61. The molecule has 22 heavy (non-hydrogen) atoms. The van der Waals surface area contributed by atoms with Crippen molar-refractivity contribution in [3.8, 4) is 0 Å². The second-order valence-corrected chi connectivity index (χ2v) is 5.90. The maximum Gasteiger partial charge on any atom is 0.228 e. The maximum atomic E-state index is 12.4. The highest BCUT2D eigenvalue weighted by Gasteiger charge is 2.21. The number of aromatic nitrogens is 2. The van der Waals surface area contributed by atoms with Crippen LogP contribution in [0.1, 0.15) is 5.69 Å². The fourth-order valence-electron chi connectivity index (χ4n) is 2.73. The van der Waals surface area contributed by atoms with Crippen molar-refractivity contribution in [3.05, 3.63) is 35.2 Å². The first-order valence-corrected chi connectivity index (χ1v) is 7.77. The summed E-state index contributed by atoms with van der Waals surface area (Å²) >= 11 is 5.95. The molecule has 0 spiro atoms. The van der Waals surface area contributed by atoms with Crippen LogP contribution >= 0.6 is 11.6 Å². The summed E-state index contributed by atoms with van der Waals surface area (Å²) in [4.78, 5) is 20.8. The number of nitrogens with zero attached hydrogens (tertiary/aromatic N) is 4. The van der Waals surface area contributed by atoms with Crippen molar-refractivity contribution in [2.75, 3.05) is 39.3 Å². The van der Waals surface area contributed by atoms with E-state index in [1.54, 1.807) is 12.3 Å². The number of carbonyl (C=O) groups excluding carboxylic acids is 1. The molecule has 118 valence electrons. The molecule has 2 aromatic heterocycles. The molecule has 0 atom stereocenters. The van der Waals surface area contributed by atoms with Crippen molar-refractivity contribution in [1.82, 2.24) is 19.2 Å². The first-order valence-electron chi connectivity index (χ1n) is 7.40. The fraction of sp³-hybridized carbons (Fsp3) is 0.467. The second-order valence-electron chi connectivity index (χ2n) is 5.47. The number of halogens is 1. The Hall–Kier alpha value is -1.63. The van der Waals surface area contributed by atoms with Gasteiger partial charge in [-0.2, -0.15) is 0 Å². The van der Waals surface area contributed by atoms with Crippen molar-refractivity contribution >= 4 is 23.2 Å². The van der Waals surface area contributed by atoms with Gasteiger partial charge in [-0.25, -0.2) is 4.98 Å². The summed E-state index contributed by atoms with van der Waals surface area (Å²) in [5.74, 6) is 0.0955. The zero-order valence-corrected chi connectivity index (χ0v) is 13.0. The highest BCUT2D eigenvalue weighted by molar-refractivity contribution is 6.30. The van der Waals surface area contributed by atoms with E-state index in [9.17, 15) is 4.79 Å². The molecule has 1 amide bonds. The highest BCUT2D eigenvalue weighted by atomic mass is 35.5. The third-order valence-electron chi connectivity index (χ3n) is 3.94. The summed E-state index contributed by atoms with van der Waals surface area (Å²) in [6.07, 6.45) is 3.94. The van der Waals surface area contributed by atoms with E-state index in [0.717, 1.165) is 24.4 Å². The molecule has 6 nitrogen and oxygen atoms in total. The van der Waals surface area contributed by atoms with Gasteiger partial charge in [0, 0.05) is 45.1 Å². The zero-order valence-electron chi connectivity index (χ0n) is 12.3. The maximum absolute atomic E-state index is 12.4. The number of β-amino-alcohol motifs (C(OH)–C–C–N with tert-alkyl or cyclic N) is 1. The molecular weight excluding hydrogens is 304 g/mol. The fourth-order valence-corrected chi connectivity index (χ4v) is 2.90. The largest absolute Gasteiger partial charge is 0.395 e. The Morgan fingerprint density at radius 2 is 2.00 bits per heavy atom. The smallest absolute Gasteiger partial charge is 0.228 e. The summed E-state index contributed by atoms with van der Waals surface area (Å²) in [6.45, 7) is 3.88. The standard InChI is InChI=1S/C15H19ClN4O2/c16-12-1-2-14-17-13(11-20(14)10-12)9-15(22)19-5-3-18(4-6-19)7-8-21/h1-2,10-11,21H,3-9H2. The van der Waals surface area contributed by atoms with Gasteiger partial charge in [0.05, 0.1) is 23.7 Å². The zero-order chi connectivity index (χ0) is 15.5. The summed E-state index contributed by atoms with van der Waals surface area (Å²) in [6, 6.07) is 3.62. The molecular formula is C15H19ClN4O2. The molecule has 0 aromatic carbocycles. The first kappa shape index (κ1) is 15.3. The summed E-state index contributed by atoms with van der Waals surface area (Å²) in [7, 11) is 0. The number of pyridine rings is 1. The predicted octanol–water partition coefficient (Wildman–Crippen LogP) is 0.667. The van der Waals surface area contributed by atoms with Crippen LogP contribution in [0.15, 0.2) is 24.5 Å². The van der Waals surface area contributed by atoms with Gasteiger partial charge in [0.15, 0.2) is 0 Å². The van der Waals surface area contributed by atoms with Gasteiger partial charge in [-0.05, 0) is 12.1 Å². The predicted molar refractivity (Wildman–Crippen MR) is 84.0 cm³/mol. The van der Waals surface area contributed by atoms with Crippen LogP contribution in [0.4, 0.5) is 0 Å². The van der Waals surface area contributed by atoms with E-state index in [1.165, 1.54) is 0 Å². The molecule has 0 aliphatic carbocycles. The Morgan fingerprint density at radius 3 is 2.73 bits per heavy atom. The number of hydrogen-bond acceptors (Lipinski definition) is 4. The van der Waals surface area contributed by atoms with Gasteiger partial charge in [0.25, 0.3) is 0 Å². The lowest BCUT2D eigenvalue weighted by Crippen LogP contribution is -2.49. The number of hydrogen-bond donors (Lipinski definition) is 1. The van der Waals surface area contributed by atoms with Crippen molar-refractivity contribution in [2.45, 2.75) is 6.42 Å². The summed E-state index contributed by atoms with van der Waals surface area (Å²) in [5.41, 5.74) is 1.55. The molecule has 0 unspecified atom stereocenters. The number of aliphatic hydroxyl groups excluding tert-OH is 1. The minimum Gasteiger partial charge on any atom is -0.395 e. The molecule has 7 heteroatoms. The van der Waals surface area contributed by atoms with Gasteiger partial charge >= 0.3 is 0 Å². The van der Waals surface area contributed by atoms with Gasteiger partial charge in [-0.3, -0.25) is 9.69 Å². The molecule has 2 aromatic rings. The van der Waals surface area contributed by atoms with Crippen LogP contribution in [0.5, 0.6) is 0 Å². The van der Waals surface area contributed by atoms with Crippen LogP contribution in [0.2, 0.25) is 5.02 Å². The SMILES string of the molecule is O=C(Cc1cn2cc(Cl)ccc2n1)N1CCN(CCO)CC1. The molecule has 3 rings (SSSR count). The number of fused-ring (bicyclic) bond motifs is 1. The topological polar surface area (TPSA) is 61.1 Å². The Kier molecular flexibility index (Phi) is 4.61. The number of rotatable bonds is 4. The van der Waals surface area contributed by atoms with Crippen molar-refractivity contribution in [2.24, 2.45) is 0 Å². The normalized spacial score (nSPS) is 16.4. The van der Waals surface area contributed by atoms with Crippen LogP contribution in [-0.4, -0.2) is 69.5 Å². The third kappa shape index (κ3) is 3.40. The van der Waals surface area contributed by atoms with Crippen LogP contribution in [0.25, 0.3) is 5.65 Å². The van der Waals surface area contributed by atoms with E-state index >= 15 is 0 Å². The minimum atomic E-state index is 0.0955.